The average molecular weight is 319 g/mol. The maximum absolute atomic E-state index is 11.9. The molecule has 0 aromatic heterocycles. The monoisotopic (exact) mass is 319 g/mol. The zero-order chi connectivity index (χ0) is 17.5. The Kier molecular flexibility index (Phi) is 7.30. The van der Waals surface area contributed by atoms with Gasteiger partial charge in [0.2, 0.25) is 11.8 Å². The van der Waals surface area contributed by atoms with Crippen LogP contribution in [0.3, 0.4) is 0 Å². The fraction of sp³-hybridized carbons (Fsp3) is 0.667. The summed E-state index contributed by atoms with van der Waals surface area (Å²) in [6.07, 6.45) is -1.52. The average Bonchev–Trinajstić information content (AvgIpc) is 2.31. The maximum atomic E-state index is 11.9. The van der Waals surface area contributed by atoms with Crippen molar-refractivity contribution in [2.45, 2.75) is 44.9 Å². The third kappa shape index (κ3) is 8.04. The first-order valence-corrected chi connectivity index (χ1v) is 6.38. The summed E-state index contributed by atoms with van der Waals surface area (Å²) in [4.78, 5) is 45.2. The standard InChI is InChI=1S/C12H21N3O7/c1-12(2,3)22-11(21)15-6(4-8(13)17)9(18)14-7(5-16)10(19)20/h6-7,16H,4-5H2,1-3H3,(H2,13,17)(H,14,18)(H,15,21)(H,19,20)/t6-,7-/m0/s1. The smallest absolute Gasteiger partial charge is 0.408 e. The summed E-state index contributed by atoms with van der Waals surface area (Å²) in [6, 6.07) is -2.98. The number of nitrogens with one attached hydrogen (secondary N) is 2. The lowest BCUT2D eigenvalue weighted by Crippen LogP contribution is -2.54. The summed E-state index contributed by atoms with van der Waals surface area (Å²) in [7, 11) is 0. The van der Waals surface area contributed by atoms with Gasteiger partial charge in [-0.3, -0.25) is 9.59 Å². The Bertz CT molecular complexity index is 444. The first-order chi connectivity index (χ1) is 9.96. The van der Waals surface area contributed by atoms with Gasteiger partial charge in [-0.25, -0.2) is 9.59 Å². The number of aliphatic hydroxyl groups excluding tert-OH is 1. The molecule has 0 aromatic rings. The summed E-state index contributed by atoms with van der Waals surface area (Å²) in [5.41, 5.74) is 4.15. The highest BCUT2D eigenvalue weighted by atomic mass is 16.6. The molecule has 0 heterocycles. The molecule has 2 atom stereocenters. The first kappa shape index (κ1) is 19.6. The molecule has 0 fully saturated rings. The molecule has 0 aromatic carbocycles. The molecule has 22 heavy (non-hydrogen) atoms. The molecule has 0 aliphatic carbocycles. The first-order valence-electron chi connectivity index (χ1n) is 6.38. The normalized spacial score (nSPS) is 13.6. The number of rotatable bonds is 7. The molecule has 0 spiro atoms. The van der Waals surface area contributed by atoms with E-state index < -0.39 is 54.6 Å². The molecule has 126 valence electrons. The second-order valence-corrected chi connectivity index (χ2v) is 5.45. The van der Waals surface area contributed by atoms with Gasteiger partial charge in [-0.1, -0.05) is 0 Å². The van der Waals surface area contributed by atoms with E-state index in [2.05, 4.69) is 5.32 Å². The van der Waals surface area contributed by atoms with Crippen LogP contribution in [-0.2, 0) is 19.1 Å². The molecule has 0 aliphatic heterocycles. The molecule has 6 N–H and O–H groups in total. The molecule has 10 heteroatoms. The predicted molar refractivity (Wildman–Crippen MR) is 73.6 cm³/mol. The van der Waals surface area contributed by atoms with Crippen LogP contribution in [0.1, 0.15) is 27.2 Å². The lowest BCUT2D eigenvalue weighted by molar-refractivity contribution is -0.143. The zero-order valence-corrected chi connectivity index (χ0v) is 12.6. The van der Waals surface area contributed by atoms with Crippen molar-refractivity contribution in [3.63, 3.8) is 0 Å². The predicted octanol–water partition coefficient (Wildman–Crippen LogP) is -1.68. The van der Waals surface area contributed by atoms with E-state index in [0.717, 1.165) is 0 Å². The van der Waals surface area contributed by atoms with Crippen molar-refractivity contribution in [3.8, 4) is 0 Å². The van der Waals surface area contributed by atoms with E-state index in [9.17, 15) is 19.2 Å². The summed E-state index contributed by atoms with van der Waals surface area (Å²) >= 11 is 0. The third-order valence-electron chi connectivity index (χ3n) is 2.21. The Balaban J connectivity index is 4.89. The Hall–Kier alpha value is -2.36. The van der Waals surface area contributed by atoms with E-state index >= 15 is 0 Å². The van der Waals surface area contributed by atoms with Gasteiger partial charge in [-0.2, -0.15) is 0 Å². The van der Waals surface area contributed by atoms with Gasteiger partial charge >= 0.3 is 12.1 Å². The van der Waals surface area contributed by atoms with Gasteiger partial charge in [0, 0.05) is 0 Å². The molecule has 0 saturated carbocycles. The van der Waals surface area contributed by atoms with Gasteiger partial charge in [-0.05, 0) is 20.8 Å². The van der Waals surface area contributed by atoms with Crippen LogP contribution in [0.4, 0.5) is 4.79 Å². The van der Waals surface area contributed by atoms with Gasteiger partial charge in [0.05, 0.1) is 13.0 Å². The molecular weight excluding hydrogens is 298 g/mol. The Morgan fingerprint density at radius 2 is 1.68 bits per heavy atom. The lowest BCUT2D eigenvalue weighted by Gasteiger charge is -2.23. The SMILES string of the molecule is CC(C)(C)OC(=O)N[C@@H](CC(N)=O)C(=O)N[C@@H](CO)C(=O)O. The fourth-order valence-corrected chi connectivity index (χ4v) is 1.32. The van der Waals surface area contributed by atoms with Crippen molar-refractivity contribution in [2.75, 3.05) is 6.61 Å². The van der Waals surface area contributed by atoms with Crippen LogP contribution >= 0.6 is 0 Å². The van der Waals surface area contributed by atoms with Crippen LogP contribution in [0, 0.1) is 0 Å². The summed E-state index contributed by atoms with van der Waals surface area (Å²) in [5, 5.41) is 21.7. The third-order valence-corrected chi connectivity index (χ3v) is 2.21. The van der Waals surface area contributed by atoms with E-state index in [4.69, 9.17) is 20.7 Å². The molecular formula is C12H21N3O7. The molecule has 3 amide bonds. The number of ether oxygens (including phenoxy) is 1. The molecule has 0 radical (unpaired) electrons. The number of hydrogen-bond acceptors (Lipinski definition) is 6. The molecule has 10 nitrogen and oxygen atoms in total. The maximum Gasteiger partial charge on any atom is 0.408 e. The van der Waals surface area contributed by atoms with Gasteiger partial charge < -0.3 is 31.3 Å². The van der Waals surface area contributed by atoms with E-state index in [0.29, 0.717) is 0 Å². The number of carbonyl (C=O) groups is 4. The van der Waals surface area contributed by atoms with E-state index in [1.165, 1.54) is 0 Å². The fourth-order valence-electron chi connectivity index (χ4n) is 1.32. The van der Waals surface area contributed by atoms with E-state index in [1.807, 2.05) is 5.32 Å². The Morgan fingerprint density at radius 3 is 2.05 bits per heavy atom. The van der Waals surface area contributed by atoms with Crippen LogP contribution in [0.5, 0.6) is 0 Å². The summed E-state index contributed by atoms with van der Waals surface area (Å²) in [6.45, 7) is 3.95. The van der Waals surface area contributed by atoms with Crippen molar-refractivity contribution < 1.29 is 34.1 Å². The highest BCUT2D eigenvalue weighted by molar-refractivity contribution is 5.92. The topological polar surface area (TPSA) is 168 Å². The van der Waals surface area contributed by atoms with Gasteiger partial charge in [0.25, 0.3) is 0 Å². The number of hydrogen-bond donors (Lipinski definition) is 5. The second kappa shape index (κ2) is 8.17. The highest BCUT2D eigenvalue weighted by Gasteiger charge is 2.29. The van der Waals surface area contributed by atoms with Crippen molar-refractivity contribution in [1.29, 1.82) is 0 Å². The zero-order valence-electron chi connectivity index (χ0n) is 12.6. The van der Waals surface area contributed by atoms with Crippen molar-refractivity contribution in [3.05, 3.63) is 0 Å². The number of alkyl carbamates (subject to hydrolysis) is 1. The van der Waals surface area contributed by atoms with Gasteiger partial charge in [-0.15, -0.1) is 0 Å². The minimum Gasteiger partial charge on any atom is -0.480 e. The molecule has 0 bridgehead atoms. The molecule has 0 saturated heterocycles. The van der Waals surface area contributed by atoms with Crippen molar-refractivity contribution >= 4 is 23.9 Å². The molecule has 0 unspecified atom stereocenters. The van der Waals surface area contributed by atoms with Crippen molar-refractivity contribution in [2.24, 2.45) is 5.73 Å². The van der Waals surface area contributed by atoms with Crippen molar-refractivity contribution in [1.82, 2.24) is 10.6 Å². The largest absolute Gasteiger partial charge is 0.480 e. The number of carboxylic acids is 1. The molecule has 0 aliphatic rings. The number of aliphatic hydroxyl groups is 1. The summed E-state index contributed by atoms with van der Waals surface area (Å²) < 4.78 is 4.93. The Morgan fingerprint density at radius 1 is 1.14 bits per heavy atom. The van der Waals surface area contributed by atoms with Crippen LogP contribution in [0.25, 0.3) is 0 Å². The van der Waals surface area contributed by atoms with Crippen LogP contribution in [0.15, 0.2) is 0 Å². The number of aliphatic carboxylic acids is 1. The lowest BCUT2D eigenvalue weighted by atomic mass is 10.1. The quantitative estimate of drug-likeness (QED) is 0.373. The van der Waals surface area contributed by atoms with Gasteiger partial charge in [0.1, 0.15) is 17.7 Å². The van der Waals surface area contributed by atoms with Crippen LogP contribution < -0.4 is 16.4 Å². The van der Waals surface area contributed by atoms with E-state index in [-0.39, 0.29) is 0 Å². The second-order valence-electron chi connectivity index (χ2n) is 5.45. The van der Waals surface area contributed by atoms with Crippen LogP contribution in [-0.4, -0.2) is 58.4 Å². The van der Waals surface area contributed by atoms with Crippen LogP contribution in [0.2, 0.25) is 0 Å². The van der Waals surface area contributed by atoms with Gasteiger partial charge in [0.15, 0.2) is 0 Å². The summed E-state index contributed by atoms with van der Waals surface area (Å²) in [5.74, 6) is -3.33. The number of carboxylic acid groups (broad SMARTS) is 1. The number of amides is 3. The minimum atomic E-state index is -1.57. The minimum absolute atomic E-state index is 0.553. The van der Waals surface area contributed by atoms with E-state index in [1.54, 1.807) is 20.8 Å². The number of primary amides is 1. The Labute approximate surface area is 127 Å². The molecule has 0 rings (SSSR count). The highest BCUT2D eigenvalue weighted by Crippen LogP contribution is 2.07. The number of nitrogens with two attached hydrogens (primary N) is 1. The number of carbonyl (C=O) groups excluding carboxylic acids is 3.